The van der Waals surface area contributed by atoms with Crippen LogP contribution in [0.15, 0.2) is 53.3 Å². The average Bonchev–Trinajstić information content (AvgIpc) is 2.94. The second-order valence-electron chi connectivity index (χ2n) is 11.6. The number of aliphatic hydroxyl groups is 3. The maximum Gasteiger partial charge on any atom is 0.255 e. The Morgan fingerprint density at radius 3 is 2.39 bits per heavy atom. The summed E-state index contributed by atoms with van der Waals surface area (Å²) in [5.74, 6) is -6.04. The number of carbonyl (C=O) groups is 3. The number of aromatic hydroxyl groups is 1. The van der Waals surface area contributed by atoms with Gasteiger partial charge in [0.1, 0.15) is 22.8 Å². The zero-order valence-electron chi connectivity index (χ0n) is 22.3. The predicted molar refractivity (Wildman–Crippen MR) is 150 cm³/mol. The molecule has 2 fully saturated rings. The molecule has 10 heteroatoms. The number of benzene rings is 2. The highest BCUT2D eigenvalue weighted by Gasteiger charge is 2.60. The highest BCUT2D eigenvalue weighted by Crippen LogP contribution is 2.53. The number of Topliss-reactive ketones (excluding diaryl/α,β-unsaturated/α-hetero) is 2. The van der Waals surface area contributed by atoms with Gasteiger partial charge in [0.2, 0.25) is 5.78 Å². The summed E-state index contributed by atoms with van der Waals surface area (Å²) in [7, 11) is 0. The molecule has 9 nitrogen and oxygen atoms in total. The third-order valence-electron chi connectivity index (χ3n) is 9.32. The fourth-order valence-corrected chi connectivity index (χ4v) is 7.52. The van der Waals surface area contributed by atoms with Gasteiger partial charge in [0.05, 0.1) is 5.56 Å². The molecular weight excluding hydrogens is 548 g/mol. The molecule has 4 aliphatic rings. The average molecular weight is 579 g/mol. The molecule has 2 aromatic carbocycles. The molecule has 0 radical (unpaired) electrons. The van der Waals surface area contributed by atoms with E-state index in [9.17, 15) is 34.8 Å². The first-order valence-electron chi connectivity index (χ1n) is 13.8. The predicted octanol–water partition coefficient (Wildman–Crippen LogP) is 3.46. The smallest absolute Gasteiger partial charge is 0.255 e. The lowest BCUT2D eigenvalue weighted by Gasteiger charge is -2.46. The van der Waals surface area contributed by atoms with Gasteiger partial charge >= 0.3 is 0 Å². The number of piperidine rings is 1. The number of amides is 1. The molecule has 0 bridgehead atoms. The molecule has 3 atom stereocenters. The lowest BCUT2D eigenvalue weighted by Crippen LogP contribution is -2.58. The van der Waals surface area contributed by atoms with E-state index < -0.39 is 52.0 Å². The van der Waals surface area contributed by atoms with E-state index in [-0.39, 0.29) is 36.1 Å². The molecule has 1 saturated heterocycles. The van der Waals surface area contributed by atoms with Crippen molar-refractivity contribution in [2.45, 2.75) is 50.2 Å². The van der Waals surface area contributed by atoms with Gasteiger partial charge in [-0.1, -0.05) is 41.9 Å². The summed E-state index contributed by atoms with van der Waals surface area (Å²) in [6, 6.07) is 11.9. The molecule has 0 aromatic heterocycles. The minimum Gasteiger partial charge on any atom is -0.508 e. The van der Waals surface area contributed by atoms with Crippen molar-refractivity contribution in [3.8, 4) is 5.75 Å². The van der Waals surface area contributed by atoms with Gasteiger partial charge in [-0.25, -0.2) is 0 Å². The molecular formula is C31H31ClN2O7. The van der Waals surface area contributed by atoms with E-state index in [1.165, 1.54) is 11.6 Å². The SMILES string of the molecule is NC(=O)C1=C(O)[C@@]2(O)C(=O)C3=C(O)c4c(O)cc(CN5CCC(c6ccccc6)CC5)c(Cl)c4CC3C[C@H]2CC1=O. The Balaban J connectivity index is 1.30. The van der Waals surface area contributed by atoms with E-state index in [1.807, 2.05) is 6.07 Å². The van der Waals surface area contributed by atoms with Crippen LogP contribution >= 0.6 is 11.6 Å². The molecule has 1 unspecified atom stereocenters. The number of hydrogen-bond donors (Lipinski definition) is 5. The normalized spacial score (nSPS) is 27.0. The lowest BCUT2D eigenvalue weighted by atomic mass is 9.59. The van der Waals surface area contributed by atoms with Crippen LogP contribution in [0.4, 0.5) is 0 Å². The third kappa shape index (κ3) is 4.26. The fourth-order valence-electron chi connectivity index (χ4n) is 7.23. The number of fused-ring (bicyclic) bond motifs is 3. The van der Waals surface area contributed by atoms with E-state index in [0.717, 1.165) is 25.9 Å². The number of primary amides is 1. The molecule has 1 heterocycles. The van der Waals surface area contributed by atoms with Crippen molar-refractivity contribution in [1.82, 2.24) is 4.90 Å². The van der Waals surface area contributed by atoms with E-state index in [0.29, 0.717) is 28.6 Å². The summed E-state index contributed by atoms with van der Waals surface area (Å²) in [6.45, 7) is 2.23. The van der Waals surface area contributed by atoms with Crippen molar-refractivity contribution in [2.75, 3.05) is 13.1 Å². The molecule has 214 valence electrons. The van der Waals surface area contributed by atoms with Crippen LogP contribution in [0.25, 0.3) is 5.76 Å². The van der Waals surface area contributed by atoms with E-state index in [1.54, 1.807) is 0 Å². The third-order valence-corrected chi connectivity index (χ3v) is 9.80. The number of aliphatic hydroxyl groups excluding tert-OH is 2. The molecule has 1 amide bonds. The van der Waals surface area contributed by atoms with Crippen LogP contribution < -0.4 is 5.73 Å². The molecule has 2 aromatic rings. The highest BCUT2D eigenvalue weighted by atomic mass is 35.5. The number of nitrogens with two attached hydrogens (primary N) is 1. The molecule has 6 rings (SSSR count). The lowest BCUT2D eigenvalue weighted by molar-refractivity contribution is -0.147. The van der Waals surface area contributed by atoms with Gasteiger partial charge in [-0.05, 0) is 73.4 Å². The zero-order chi connectivity index (χ0) is 29.2. The zero-order valence-corrected chi connectivity index (χ0v) is 23.0. The minimum atomic E-state index is -2.58. The van der Waals surface area contributed by atoms with E-state index in [2.05, 4.69) is 29.2 Å². The van der Waals surface area contributed by atoms with Crippen molar-refractivity contribution >= 4 is 34.8 Å². The summed E-state index contributed by atoms with van der Waals surface area (Å²) in [4.78, 5) is 40.2. The van der Waals surface area contributed by atoms with Crippen LogP contribution in [0.3, 0.4) is 0 Å². The molecule has 6 N–H and O–H groups in total. The Morgan fingerprint density at radius 1 is 1.05 bits per heavy atom. The van der Waals surface area contributed by atoms with Gasteiger partial charge in [0.25, 0.3) is 5.91 Å². The maximum atomic E-state index is 13.6. The van der Waals surface area contributed by atoms with Gasteiger partial charge in [0.15, 0.2) is 11.4 Å². The number of phenols is 1. The minimum absolute atomic E-state index is 0.00802. The van der Waals surface area contributed by atoms with Gasteiger partial charge < -0.3 is 26.2 Å². The Bertz CT molecular complexity index is 1540. The van der Waals surface area contributed by atoms with Gasteiger partial charge in [-0.2, -0.15) is 0 Å². The Hall–Kier alpha value is -3.66. The monoisotopic (exact) mass is 578 g/mol. The number of rotatable bonds is 4. The van der Waals surface area contributed by atoms with Crippen LogP contribution in [0.5, 0.6) is 5.75 Å². The molecule has 0 spiro atoms. The van der Waals surface area contributed by atoms with Crippen LogP contribution in [0.1, 0.15) is 53.9 Å². The van der Waals surface area contributed by atoms with Crippen LogP contribution in [0.2, 0.25) is 5.02 Å². The van der Waals surface area contributed by atoms with Gasteiger partial charge in [-0.15, -0.1) is 0 Å². The molecule has 41 heavy (non-hydrogen) atoms. The number of nitrogens with zero attached hydrogens (tertiary/aromatic N) is 1. The van der Waals surface area contributed by atoms with Crippen molar-refractivity contribution < 1.29 is 34.8 Å². The summed E-state index contributed by atoms with van der Waals surface area (Å²) in [6.07, 6.45) is 1.89. The topological polar surface area (TPSA) is 161 Å². The Kier molecular flexibility index (Phi) is 6.71. The second-order valence-corrected chi connectivity index (χ2v) is 12.0. The van der Waals surface area contributed by atoms with Crippen LogP contribution in [-0.4, -0.2) is 61.5 Å². The summed E-state index contributed by atoms with van der Waals surface area (Å²) in [5.41, 5.74) is 4.20. The number of ketones is 2. The molecule has 1 saturated carbocycles. The van der Waals surface area contributed by atoms with E-state index in [4.69, 9.17) is 17.3 Å². The standard InChI is InChI=1S/C31H31ClN2O7/c32-26-18(14-34-8-6-16(7-9-34)15-4-2-1-3-5-15)12-21(35)24-20(26)11-17-10-19-13-22(36)25(30(33)40)29(39)31(19,41)28(38)23(17)27(24)37/h1-5,12,16-17,19,35,37,39,41H,6-11,13-14H2,(H2,33,40)/t17?,19-,31-/m0/s1. The largest absolute Gasteiger partial charge is 0.508 e. The first kappa shape index (κ1) is 27.5. The molecule has 3 aliphatic carbocycles. The molecule has 1 aliphatic heterocycles. The quantitative estimate of drug-likeness (QED) is 0.345. The maximum absolute atomic E-state index is 13.6. The first-order chi connectivity index (χ1) is 19.5. The van der Waals surface area contributed by atoms with Crippen LogP contribution in [-0.2, 0) is 27.3 Å². The van der Waals surface area contributed by atoms with Gasteiger partial charge in [-0.3, -0.25) is 19.3 Å². The summed E-state index contributed by atoms with van der Waals surface area (Å²) >= 11 is 6.88. The van der Waals surface area contributed by atoms with Crippen LogP contribution in [0, 0.1) is 11.8 Å². The first-order valence-corrected chi connectivity index (χ1v) is 14.2. The van der Waals surface area contributed by atoms with Crippen molar-refractivity contribution in [1.29, 1.82) is 0 Å². The number of likely N-dealkylation sites (tertiary alicyclic amines) is 1. The number of carbonyl (C=O) groups excluding carboxylic acids is 3. The van der Waals surface area contributed by atoms with E-state index >= 15 is 0 Å². The summed E-state index contributed by atoms with van der Waals surface area (Å²) in [5, 5.41) is 44.7. The van der Waals surface area contributed by atoms with Crippen molar-refractivity contribution in [3.63, 3.8) is 0 Å². The van der Waals surface area contributed by atoms with Crippen molar-refractivity contribution in [3.05, 3.63) is 80.6 Å². The highest BCUT2D eigenvalue weighted by molar-refractivity contribution is 6.32. The van der Waals surface area contributed by atoms with Gasteiger partial charge in [0, 0.05) is 29.5 Å². The summed E-state index contributed by atoms with van der Waals surface area (Å²) < 4.78 is 0. The number of phenolic OH excluding ortho intramolecular Hbond substituents is 1. The second kappa shape index (κ2) is 10.0. The fraction of sp³-hybridized carbons (Fsp3) is 0.387. The Labute approximate surface area is 241 Å². The number of hydrogen-bond acceptors (Lipinski definition) is 8. The van der Waals surface area contributed by atoms with Crippen molar-refractivity contribution in [2.24, 2.45) is 17.6 Å². The number of halogens is 1. The Morgan fingerprint density at radius 2 is 1.73 bits per heavy atom.